The van der Waals surface area contributed by atoms with E-state index in [4.69, 9.17) is 0 Å². The fraction of sp³-hybridized carbons (Fsp3) is 0.600. The minimum Gasteiger partial charge on any atom is -0.479 e. The zero-order valence-electron chi connectivity index (χ0n) is 12.0. The van der Waals surface area contributed by atoms with Crippen LogP contribution in [0.2, 0.25) is 0 Å². The first-order valence-electron chi connectivity index (χ1n) is 7.28. The standard InChI is InChI=1S/C15H23N3O2/c1-2-3-4-5-9-17-10-6-15(7-11-17,14(19)20)18-12-8-16-13-18/h4-5,8,12-13H,2-3,6-7,9-11H2,1H3,(H,19,20)/b5-4+. The van der Waals surface area contributed by atoms with Crippen molar-refractivity contribution >= 4 is 5.97 Å². The van der Waals surface area contributed by atoms with Crippen LogP contribution in [0.25, 0.3) is 0 Å². The van der Waals surface area contributed by atoms with Crippen LogP contribution < -0.4 is 0 Å². The minimum atomic E-state index is -0.819. The molecule has 0 unspecified atom stereocenters. The fourth-order valence-corrected chi connectivity index (χ4v) is 2.71. The van der Waals surface area contributed by atoms with Crippen LogP contribution in [0.5, 0.6) is 0 Å². The van der Waals surface area contributed by atoms with Gasteiger partial charge in [0.25, 0.3) is 0 Å². The summed E-state index contributed by atoms with van der Waals surface area (Å²) in [6.45, 7) is 4.69. The third-order valence-corrected chi connectivity index (χ3v) is 4.07. The van der Waals surface area contributed by atoms with Crippen LogP contribution >= 0.6 is 0 Å². The van der Waals surface area contributed by atoms with Crippen molar-refractivity contribution < 1.29 is 9.90 Å². The van der Waals surface area contributed by atoms with E-state index in [2.05, 4.69) is 29.0 Å². The Bertz CT molecular complexity index is 446. The van der Waals surface area contributed by atoms with Crippen molar-refractivity contribution in [3.05, 3.63) is 30.9 Å². The maximum absolute atomic E-state index is 11.7. The average Bonchev–Trinajstić information content (AvgIpc) is 2.99. The number of hydrogen-bond acceptors (Lipinski definition) is 3. The van der Waals surface area contributed by atoms with E-state index in [-0.39, 0.29) is 0 Å². The summed E-state index contributed by atoms with van der Waals surface area (Å²) in [4.78, 5) is 18.0. The summed E-state index contributed by atoms with van der Waals surface area (Å²) in [5.74, 6) is -0.753. The monoisotopic (exact) mass is 277 g/mol. The molecule has 0 aromatic carbocycles. The molecule has 0 saturated carbocycles. The molecule has 0 amide bonds. The van der Waals surface area contributed by atoms with Crippen LogP contribution in [0.15, 0.2) is 30.9 Å². The van der Waals surface area contributed by atoms with Crippen molar-refractivity contribution in [1.29, 1.82) is 0 Å². The summed E-state index contributed by atoms with van der Waals surface area (Å²) in [6, 6.07) is 0. The molecule has 0 bridgehead atoms. The second-order valence-corrected chi connectivity index (χ2v) is 5.37. The Morgan fingerprint density at radius 3 is 2.70 bits per heavy atom. The van der Waals surface area contributed by atoms with Crippen molar-refractivity contribution in [1.82, 2.24) is 14.5 Å². The van der Waals surface area contributed by atoms with E-state index in [0.29, 0.717) is 12.8 Å². The Labute approximate surface area is 119 Å². The van der Waals surface area contributed by atoms with Crippen LogP contribution in [0.3, 0.4) is 0 Å². The van der Waals surface area contributed by atoms with Crippen molar-refractivity contribution in [3.8, 4) is 0 Å². The van der Waals surface area contributed by atoms with Crippen molar-refractivity contribution in [3.63, 3.8) is 0 Å². The molecule has 1 fully saturated rings. The molecule has 0 aliphatic carbocycles. The Hall–Kier alpha value is -1.62. The Balaban J connectivity index is 1.96. The van der Waals surface area contributed by atoms with Crippen LogP contribution in [-0.4, -0.2) is 45.2 Å². The Morgan fingerprint density at radius 1 is 1.40 bits per heavy atom. The molecular weight excluding hydrogens is 254 g/mol. The van der Waals surface area contributed by atoms with Crippen LogP contribution in [0.4, 0.5) is 0 Å². The molecule has 20 heavy (non-hydrogen) atoms. The molecule has 1 aliphatic heterocycles. The fourth-order valence-electron chi connectivity index (χ4n) is 2.71. The SMILES string of the molecule is CCC/C=C/CN1CCC(C(=O)O)(n2ccnc2)CC1. The number of aliphatic carboxylic acids is 1. The quantitative estimate of drug-likeness (QED) is 0.809. The number of allylic oxidation sites excluding steroid dienone is 1. The highest BCUT2D eigenvalue weighted by Crippen LogP contribution is 2.30. The molecule has 0 spiro atoms. The first-order valence-corrected chi connectivity index (χ1v) is 7.28. The predicted molar refractivity (Wildman–Crippen MR) is 77.6 cm³/mol. The summed E-state index contributed by atoms with van der Waals surface area (Å²) in [5.41, 5.74) is -0.819. The molecule has 1 aromatic rings. The molecule has 0 radical (unpaired) electrons. The van der Waals surface area contributed by atoms with Gasteiger partial charge < -0.3 is 9.67 Å². The van der Waals surface area contributed by atoms with Crippen molar-refractivity contribution in [2.45, 2.75) is 38.1 Å². The van der Waals surface area contributed by atoms with Gasteiger partial charge in [0, 0.05) is 32.0 Å². The highest BCUT2D eigenvalue weighted by Gasteiger charge is 2.42. The number of likely N-dealkylation sites (tertiary alicyclic amines) is 1. The van der Waals surface area contributed by atoms with E-state index in [1.807, 2.05) is 0 Å². The zero-order valence-corrected chi connectivity index (χ0v) is 12.0. The highest BCUT2D eigenvalue weighted by atomic mass is 16.4. The van der Waals surface area contributed by atoms with Gasteiger partial charge in [0.1, 0.15) is 5.54 Å². The van der Waals surface area contributed by atoms with Gasteiger partial charge >= 0.3 is 5.97 Å². The number of aromatic nitrogens is 2. The van der Waals surface area contributed by atoms with E-state index >= 15 is 0 Å². The van der Waals surface area contributed by atoms with Gasteiger partial charge in [0.2, 0.25) is 0 Å². The molecule has 5 heteroatoms. The highest BCUT2D eigenvalue weighted by molar-refractivity contribution is 5.77. The molecule has 0 atom stereocenters. The number of unbranched alkanes of at least 4 members (excludes halogenated alkanes) is 1. The lowest BCUT2D eigenvalue weighted by atomic mass is 9.87. The van der Waals surface area contributed by atoms with E-state index in [0.717, 1.165) is 26.1 Å². The lowest BCUT2D eigenvalue weighted by Crippen LogP contribution is -2.50. The smallest absolute Gasteiger partial charge is 0.330 e. The van der Waals surface area contributed by atoms with Crippen molar-refractivity contribution in [2.75, 3.05) is 19.6 Å². The van der Waals surface area contributed by atoms with Gasteiger partial charge in [-0.15, -0.1) is 0 Å². The second kappa shape index (κ2) is 6.70. The minimum absolute atomic E-state index is 0.625. The van der Waals surface area contributed by atoms with Crippen LogP contribution in [0, 0.1) is 0 Å². The van der Waals surface area contributed by atoms with Gasteiger partial charge in [-0.2, -0.15) is 0 Å². The normalized spacial score (nSPS) is 19.4. The predicted octanol–water partition coefficient (Wildman–Crippen LogP) is 2.12. The molecule has 1 saturated heterocycles. The summed E-state index contributed by atoms with van der Waals surface area (Å²) >= 11 is 0. The Morgan fingerprint density at radius 2 is 2.15 bits per heavy atom. The third kappa shape index (κ3) is 3.10. The molecule has 2 rings (SSSR count). The van der Waals surface area contributed by atoms with Gasteiger partial charge in [-0.25, -0.2) is 9.78 Å². The molecule has 110 valence electrons. The van der Waals surface area contributed by atoms with E-state index in [1.54, 1.807) is 23.3 Å². The van der Waals surface area contributed by atoms with Gasteiger partial charge in [-0.3, -0.25) is 4.90 Å². The average molecular weight is 277 g/mol. The summed E-state index contributed by atoms with van der Waals surface area (Å²) in [5, 5.41) is 9.61. The maximum atomic E-state index is 11.7. The number of nitrogens with zero attached hydrogens (tertiary/aromatic N) is 3. The number of carbonyl (C=O) groups is 1. The van der Waals surface area contributed by atoms with E-state index in [9.17, 15) is 9.90 Å². The number of carboxylic acid groups (broad SMARTS) is 1. The molecule has 5 nitrogen and oxygen atoms in total. The zero-order chi connectivity index (χ0) is 14.4. The maximum Gasteiger partial charge on any atom is 0.330 e. The van der Waals surface area contributed by atoms with Gasteiger partial charge in [0.05, 0.1) is 6.33 Å². The van der Waals surface area contributed by atoms with Gasteiger partial charge in [0.15, 0.2) is 0 Å². The number of rotatable bonds is 6. The molecule has 1 N–H and O–H groups in total. The van der Waals surface area contributed by atoms with E-state index in [1.165, 1.54) is 6.42 Å². The van der Waals surface area contributed by atoms with Gasteiger partial charge in [-0.1, -0.05) is 25.5 Å². The van der Waals surface area contributed by atoms with E-state index < -0.39 is 11.5 Å². The second-order valence-electron chi connectivity index (χ2n) is 5.37. The topological polar surface area (TPSA) is 58.4 Å². The van der Waals surface area contributed by atoms with Crippen LogP contribution in [0.1, 0.15) is 32.6 Å². The first kappa shape index (κ1) is 14.8. The third-order valence-electron chi connectivity index (χ3n) is 4.07. The molecule has 2 heterocycles. The number of hydrogen-bond donors (Lipinski definition) is 1. The number of imidazole rings is 1. The molecule has 1 aliphatic rings. The largest absolute Gasteiger partial charge is 0.479 e. The molecular formula is C15H23N3O2. The summed E-state index contributed by atoms with van der Waals surface area (Å²) in [6.07, 6.45) is 12.9. The van der Waals surface area contributed by atoms with Crippen molar-refractivity contribution in [2.24, 2.45) is 0 Å². The number of piperidine rings is 1. The summed E-state index contributed by atoms with van der Waals surface area (Å²) < 4.78 is 1.75. The van der Waals surface area contributed by atoms with Crippen LogP contribution in [-0.2, 0) is 10.3 Å². The molecule has 1 aromatic heterocycles. The lowest BCUT2D eigenvalue weighted by Gasteiger charge is -2.39. The summed E-state index contributed by atoms with van der Waals surface area (Å²) in [7, 11) is 0. The van der Waals surface area contributed by atoms with Gasteiger partial charge in [-0.05, 0) is 19.3 Å². The lowest BCUT2D eigenvalue weighted by molar-refractivity contribution is -0.150. The first-order chi connectivity index (χ1) is 9.69. The number of carboxylic acids is 1. The Kier molecular flexibility index (Phi) is 4.95.